The fraction of sp³-hybridized carbons (Fsp3) is 0.545. The summed E-state index contributed by atoms with van der Waals surface area (Å²) in [6.45, 7) is 7.87. The largest absolute Gasteiger partial charge is 0.326 e. The van der Waals surface area contributed by atoms with Crippen molar-refractivity contribution in [2.75, 3.05) is 0 Å². The summed E-state index contributed by atoms with van der Waals surface area (Å²) in [7, 11) is 0. The number of hydrogen-bond donors (Lipinski definition) is 2. The van der Waals surface area contributed by atoms with Gasteiger partial charge in [0.15, 0.2) is 0 Å². The minimum atomic E-state index is -0.460. The number of rotatable bonds is 2. The van der Waals surface area contributed by atoms with Crippen molar-refractivity contribution < 1.29 is 0 Å². The first-order valence-electron chi connectivity index (χ1n) is 4.84. The van der Waals surface area contributed by atoms with Gasteiger partial charge >= 0.3 is 0 Å². The molecule has 3 nitrogen and oxygen atoms in total. The van der Waals surface area contributed by atoms with E-state index in [1.54, 1.807) is 6.07 Å². The van der Waals surface area contributed by atoms with Crippen LogP contribution in [0.4, 0.5) is 0 Å². The van der Waals surface area contributed by atoms with Gasteiger partial charge in [-0.2, -0.15) is 0 Å². The summed E-state index contributed by atoms with van der Waals surface area (Å²) in [5, 5.41) is 0. The average Bonchev–Trinajstić information content (AvgIpc) is 2.01. The molecule has 1 rings (SSSR count). The van der Waals surface area contributed by atoms with Crippen LogP contribution in [0.2, 0.25) is 0 Å². The van der Waals surface area contributed by atoms with Gasteiger partial charge in [-0.25, -0.2) is 0 Å². The molecule has 0 fully saturated rings. The second-order valence-corrected chi connectivity index (χ2v) is 4.56. The SMILES string of the molecule is CC(C)c1cc(C(C)(C)N)cc(=O)[nH]1. The minimum Gasteiger partial charge on any atom is -0.326 e. The van der Waals surface area contributed by atoms with Gasteiger partial charge in [-0.15, -0.1) is 0 Å². The maximum atomic E-state index is 11.4. The van der Waals surface area contributed by atoms with Crippen LogP contribution in [0.25, 0.3) is 0 Å². The molecule has 1 heterocycles. The van der Waals surface area contributed by atoms with Crippen molar-refractivity contribution in [1.29, 1.82) is 0 Å². The molecule has 1 aromatic heterocycles. The fourth-order valence-corrected chi connectivity index (χ4v) is 1.25. The molecule has 0 aliphatic heterocycles. The summed E-state index contributed by atoms with van der Waals surface area (Å²) < 4.78 is 0. The van der Waals surface area contributed by atoms with Crippen molar-refractivity contribution in [2.24, 2.45) is 5.73 Å². The smallest absolute Gasteiger partial charge is 0.248 e. The fourth-order valence-electron chi connectivity index (χ4n) is 1.25. The third-order valence-electron chi connectivity index (χ3n) is 2.23. The number of nitrogens with one attached hydrogen (secondary N) is 1. The number of aromatic amines is 1. The van der Waals surface area contributed by atoms with Crippen molar-refractivity contribution in [1.82, 2.24) is 4.98 Å². The molecular formula is C11H18N2O. The lowest BCUT2D eigenvalue weighted by atomic mass is 9.94. The number of pyridine rings is 1. The summed E-state index contributed by atoms with van der Waals surface area (Å²) in [6.07, 6.45) is 0. The van der Waals surface area contributed by atoms with Crippen molar-refractivity contribution in [3.63, 3.8) is 0 Å². The lowest BCUT2D eigenvalue weighted by Crippen LogP contribution is -2.30. The average molecular weight is 194 g/mol. The van der Waals surface area contributed by atoms with Gasteiger partial charge in [0.25, 0.3) is 0 Å². The van der Waals surface area contributed by atoms with Crippen LogP contribution in [0, 0.1) is 0 Å². The van der Waals surface area contributed by atoms with Crippen molar-refractivity contribution in [3.8, 4) is 0 Å². The zero-order chi connectivity index (χ0) is 10.9. The predicted octanol–water partition coefficient (Wildman–Crippen LogP) is 1.69. The topological polar surface area (TPSA) is 58.9 Å². The van der Waals surface area contributed by atoms with Crippen molar-refractivity contribution >= 4 is 0 Å². The summed E-state index contributed by atoms with van der Waals surface area (Å²) in [4.78, 5) is 14.2. The van der Waals surface area contributed by atoms with Crippen LogP contribution in [0.1, 0.15) is 44.9 Å². The van der Waals surface area contributed by atoms with E-state index >= 15 is 0 Å². The molecule has 0 saturated heterocycles. The Balaban J connectivity index is 3.28. The molecule has 0 spiro atoms. The van der Waals surface area contributed by atoms with Crippen LogP contribution >= 0.6 is 0 Å². The van der Waals surface area contributed by atoms with Crippen LogP contribution in [-0.2, 0) is 5.54 Å². The quantitative estimate of drug-likeness (QED) is 0.752. The highest BCUT2D eigenvalue weighted by Gasteiger charge is 2.16. The van der Waals surface area contributed by atoms with Gasteiger partial charge in [0.05, 0.1) is 0 Å². The normalized spacial score (nSPS) is 12.1. The summed E-state index contributed by atoms with van der Waals surface area (Å²) in [5.41, 5.74) is 7.22. The molecule has 0 aliphatic carbocycles. The van der Waals surface area contributed by atoms with E-state index in [-0.39, 0.29) is 5.56 Å². The molecule has 0 bridgehead atoms. The molecule has 0 radical (unpaired) electrons. The molecule has 0 unspecified atom stereocenters. The Morgan fingerprint density at radius 1 is 1.36 bits per heavy atom. The van der Waals surface area contributed by atoms with Gasteiger partial charge in [-0.1, -0.05) is 13.8 Å². The first-order valence-corrected chi connectivity index (χ1v) is 4.84. The van der Waals surface area contributed by atoms with Crippen molar-refractivity contribution in [2.45, 2.75) is 39.2 Å². The van der Waals surface area contributed by atoms with E-state index in [0.29, 0.717) is 5.92 Å². The monoisotopic (exact) mass is 194 g/mol. The predicted molar refractivity (Wildman–Crippen MR) is 58.4 cm³/mol. The third-order valence-corrected chi connectivity index (χ3v) is 2.23. The Morgan fingerprint density at radius 3 is 2.36 bits per heavy atom. The second-order valence-electron chi connectivity index (χ2n) is 4.56. The van der Waals surface area contributed by atoms with E-state index in [9.17, 15) is 4.79 Å². The highest BCUT2D eigenvalue weighted by Crippen LogP contribution is 2.18. The standard InChI is InChI=1S/C11H18N2O/c1-7(2)9-5-8(11(3,4)12)6-10(14)13-9/h5-7H,12H2,1-4H3,(H,13,14). The summed E-state index contributed by atoms with van der Waals surface area (Å²) >= 11 is 0. The third kappa shape index (κ3) is 2.45. The van der Waals surface area contributed by atoms with Gasteiger partial charge in [0, 0.05) is 17.3 Å². The summed E-state index contributed by atoms with van der Waals surface area (Å²) in [5.74, 6) is 0.310. The first kappa shape index (κ1) is 11.0. The van der Waals surface area contributed by atoms with E-state index in [4.69, 9.17) is 5.73 Å². The number of aromatic nitrogens is 1. The van der Waals surface area contributed by atoms with Gasteiger partial charge in [-0.05, 0) is 31.4 Å². The Morgan fingerprint density at radius 2 is 1.93 bits per heavy atom. The number of H-pyrrole nitrogens is 1. The van der Waals surface area contributed by atoms with Gasteiger partial charge in [0.2, 0.25) is 5.56 Å². The molecule has 1 aromatic rings. The highest BCUT2D eigenvalue weighted by molar-refractivity contribution is 5.24. The molecular weight excluding hydrogens is 176 g/mol. The van der Waals surface area contributed by atoms with E-state index in [0.717, 1.165) is 11.3 Å². The lowest BCUT2D eigenvalue weighted by Gasteiger charge is -2.20. The second kappa shape index (κ2) is 3.58. The van der Waals surface area contributed by atoms with Crippen LogP contribution < -0.4 is 11.3 Å². The molecule has 0 aromatic carbocycles. The van der Waals surface area contributed by atoms with E-state index in [1.807, 2.05) is 33.8 Å². The lowest BCUT2D eigenvalue weighted by molar-refractivity contribution is 0.550. The van der Waals surface area contributed by atoms with E-state index in [2.05, 4.69) is 4.98 Å². The Bertz CT molecular complexity index is 372. The van der Waals surface area contributed by atoms with Gasteiger partial charge in [-0.3, -0.25) is 4.79 Å². The molecule has 14 heavy (non-hydrogen) atoms. The molecule has 3 N–H and O–H groups in total. The van der Waals surface area contributed by atoms with Crippen LogP contribution in [-0.4, -0.2) is 4.98 Å². The molecule has 0 aliphatic rings. The molecule has 0 amide bonds. The Labute approximate surface area is 84.3 Å². The Kier molecular flexibility index (Phi) is 2.81. The molecule has 0 atom stereocenters. The first-order chi connectivity index (χ1) is 6.30. The maximum absolute atomic E-state index is 11.4. The van der Waals surface area contributed by atoms with Gasteiger partial charge in [0.1, 0.15) is 0 Å². The maximum Gasteiger partial charge on any atom is 0.248 e. The summed E-state index contributed by atoms with van der Waals surface area (Å²) in [6, 6.07) is 3.53. The van der Waals surface area contributed by atoms with Crippen LogP contribution in [0.5, 0.6) is 0 Å². The van der Waals surface area contributed by atoms with Crippen LogP contribution in [0.3, 0.4) is 0 Å². The van der Waals surface area contributed by atoms with Gasteiger partial charge < -0.3 is 10.7 Å². The molecule has 78 valence electrons. The van der Waals surface area contributed by atoms with Crippen LogP contribution in [0.15, 0.2) is 16.9 Å². The van der Waals surface area contributed by atoms with E-state index in [1.165, 1.54) is 0 Å². The Hall–Kier alpha value is -1.09. The molecule has 3 heteroatoms. The van der Waals surface area contributed by atoms with Crippen molar-refractivity contribution in [3.05, 3.63) is 33.7 Å². The number of hydrogen-bond acceptors (Lipinski definition) is 2. The van der Waals surface area contributed by atoms with E-state index < -0.39 is 5.54 Å². The minimum absolute atomic E-state index is 0.0790. The zero-order valence-corrected chi connectivity index (χ0v) is 9.22. The zero-order valence-electron chi connectivity index (χ0n) is 9.22. The highest BCUT2D eigenvalue weighted by atomic mass is 16.1. The molecule has 0 saturated carbocycles. The number of nitrogens with two attached hydrogens (primary N) is 1.